The molecule has 2 atom stereocenters. The summed E-state index contributed by atoms with van der Waals surface area (Å²) in [5.74, 6) is 0.876. The van der Waals surface area contributed by atoms with E-state index in [1.807, 2.05) is 40.3 Å². The Labute approximate surface area is 194 Å². The largest absolute Gasteiger partial charge is 0.360 e. The van der Waals surface area contributed by atoms with Crippen molar-refractivity contribution in [3.8, 4) is 0 Å². The van der Waals surface area contributed by atoms with Gasteiger partial charge in [0.15, 0.2) is 0 Å². The van der Waals surface area contributed by atoms with Crippen LogP contribution in [0.25, 0.3) is 21.8 Å². The fraction of sp³-hybridized carbons (Fsp3) is 0.375. The number of hydrogen-bond donors (Lipinski definition) is 1. The number of carbonyl (C=O) groups is 1. The number of aromatic nitrogens is 2. The Morgan fingerprint density at radius 1 is 1.28 bits per heavy atom. The number of fused-ring (bicyclic) bond motifs is 3. The minimum absolute atomic E-state index is 0.0371. The van der Waals surface area contributed by atoms with Crippen LogP contribution in [0.2, 0.25) is 5.02 Å². The maximum atomic E-state index is 13.5. The monoisotopic (exact) mass is 469 g/mol. The molecule has 0 saturated heterocycles. The lowest BCUT2D eigenvalue weighted by Gasteiger charge is -2.31. The molecule has 1 saturated carbocycles. The summed E-state index contributed by atoms with van der Waals surface area (Å²) >= 11 is 8.13. The molecule has 1 aliphatic rings. The van der Waals surface area contributed by atoms with Gasteiger partial charge in [-0.05, 0) is 55.7 Å². The molecule has 1 amide bonds. The predicted octanol–water partition coefficient (Wildman–Crippen LogP) is 5.26. The summed E-state index contributed by atoms with van der Waals surface area (Å²) in [7, 11) is 0. The first kappa shape index (κ1) is 21.2. The van der Waals surface area contributed by atoms with Gasteiger partial charge < -0.3 is 14.4 Å². The zero-order valence-electron chi connectivity index (χ0n) is 17.8. The second-order valence-corrected chi connectivity index (χ2v) is 9.96. The average Bonchev–Trinajstić information content (AvgIpc) is 3.43. The summed E-state index contributed by atoms with van der Waals surface area (Å²) < 4.78 is 7.24. The van der Waals surface area contributed by atoms with Gasteiger partial charge in [-0.15, -0.1) is 11.3 Å². The van der Waals surface area contributed by atoms with E-state index in [1.54, 1.807) is 18.3 Å². The van der Waals surface area contributed by atoms with Crippen LogP contribution in [0.1, 0.15) is 42.4 Å². The average molecular weight is 470 g/mol. The second kappa shape index (κ2) is 8.71. The molecule has 0 radical (unpaired) electrons. The summed E-state index contributed by atoms with van der Waals surface area (Å²) in [6, 6.07) is 9.58. The fourth-order valence-electron chi connectivity index (χ4n) is 4.91. The molecule has 0 unspecified atom stereocenters. The molecule has 1 aromatic carbocycles. The highest BCUT2D eigenvalue weighted by Gasteiger charge is 2.28. The number of nitrogens with one attached hydrogen (secondary N) is 1. The van der Waals surface area contributed by atoms with Crippen LogP contribution in [0, 0.1) is 12.8 Å². The fourth-order valence-corrected chi connectivity index (χ4v) is 5.87. The van der Waals surface area contributed by atoms with Gasteiger partial charge in [0.25, 0.3) is 5.56 Å². The van der Waals surface area contributed by atoms with Crippen LogP contribution in [-0.4, -0.2) is 22.2 Å². The molecule has 1 N–H and O–H groups in total. The summed E-state index contributed by atoms with van der Waals surface area (Å²) in [5.41, 5.74) is 1.23. The summed E-state index contributed by atoms with van der Waals surface area (Å²) in [4.78, 5) is 26.9. The lowest BCUT2D eigenvalue weighted by molar-refractivity contribution is -0.120. The van der Waals surface area contributed by atoms with E-state index in [2.05, 4.69) is 10.5 Å². The van der Waals surface area contributed by atoms with Crippen molar-refractivity contribution in [2.75, 3.05) is 6.54 Å². The minimum atomic E-state index is -0.0825. The Hall–Kier alpha value is -2.64. The third-order valence-corrected chi connectivity index (χ3v) is 7.60. The molecule has 0 spiro atoms. The summed E-state index contributed by atoms with van der Waals surface area (Å²) in [6.07, 6.45) is 4.20. The third-order valence-electron chi connectivity index (χ3n) is 6.41. The first-order valence-electron chi connectivity index (χ1n) is 10.9. The number of hydrogen-bond acceptors (Lipinski definition) is 5. The summed E-state index contributed by atoms with van der Waals surface area (Å²) in [5, 5.41) is 11.0. The molecule has 3 aromatic heterocycles. The highest BCUT2D eigenvalue weighted by atomic mass is 35.5. The van der Waals surface area contributed by atoms with E-state index in [-0.39, 0.29) is 17.5 Å². The molecule has 3 heterocycles. The standard InChI is InChI=1S/C24H24ClN3O3S/c1-14-21-23(27-31-14)22-18(25)8-3-9-19(22)28(24(21)30)16-6-2-5-15(11-16)13-26-20(29)12-17-7-4-10-32-17/h3-4,7-10,15-16H,2,5-6,11-13H2,1H3,(H,26,29)/t15-,16+/m0/s1. The Morgan fingerprint density at radius 2 is 2.16 bits per heavy atom. The van der Waals surface area contributed by atoms with Gasteiger partial charge in [0.2, 0.25) is 5.91 Å². The first-order chi connectivity index (χ1) is 15.5. The number of nitrogens with zero attached hydrogens (tertiary/aromatic N) is 2. The lowest BCUT2D eigenvalue weighted by Crippen LogP contribution is -2.35. The van der Waals surface area contributed by atoms with Crippen molar-refractivity contribution in [2.45, 2.75) is 45.1 Å². The quantitative estimate of drug-likeness (QED) is 0.432. The molecule has 0 aliphatic heterocycles. The maximum absolute atomic E-state index is 13.5. The highest BCUT2D eigenvalue weighted by molar-refractivity contribution is 7.10. The first-order valence-corrected chi connectivity index (χ1v) is 12.2. The highest BCUT2D eigenvalue weighted by Crippen LogP contribution is 2.36. The molecular weight excluding hydrogens is 446 g/mol. The van der Waals surface area contributed by atoms with Crippen LogP contribution in [0.4, 0.5) is 0 Å². The van der Waals surface area contributed by atoms with Crippen LogP contribution in [-0.2, 0) is 11.2 Å². The number of pyridine rings is 1. The van der Waals surface area contributed by atoms with Crippen LogP contribution >= 0.6 is 22.9 Å². The topological polar surface area (TPSA) is 77.1 Å². The van der Waals surface area contributed by atoms with Crippen LogP contribution in [0.15, 0.2) is 45.0 Å². The van der Waals surface area contributed by atoms with E-state index >= 15 is 0 Å². The van der Waals surface area contributed by atoms with Crippen LogP contribution in [0.3, 0.4) is 0 Å². The smallest absolute Gasteiger partial charge is 0.264 e. The molecular formula is C24H24ClN3O3S. The van der Waals surface area contributed by atoms with Gasteiger partial charge in [0.05, 0.1) is 17.0 Å². The number of carbonyl (C=O) groups excluding carboxylic acids is 1. The van der Waals surface area contributed by atoms with Crippen molar-refractivity contribution in [3.63, 3.8) is 0 Å². The Kier molecular flexibility index (Phi) is 5.78. The number of benzene rings is 1. The lowest BCUT2D eigenvalue weighted by atomic mass is 9.85. The predicted molar refractivity (Wildman–Crippen MR) is 128 cm³/mol. The van der Waals surface area contributed by atoms with Crippen molar-refractivity contribution in [1.29, 1.82) is 0 Å². The number of amides is 1. The molecule has 6 nitrogen and oxygen atoms in total. The van der Waals surface area contributed by atoms with E-state index < -0.39 is 0 Å². The molecule has 32 heavy (non-hydrogen) atoms. The Morgan fingerprint density at radius 3 is 2.97 bits per heavy atom. The van der Waals surface area contributed by atoms with Gasteiger partial charge in [-0.3, -0.25) is 9.59 Å². The normalized spacial score (nSPS) is 18.9. The molecule has 0 bridgehead atoms. The van der Waals surface area contributed by atoms with E-state index in [9.17, 15) is 9.59 Å². The molecule has 1 fully saturated rings. The van der Waals surface area contributed by atoms with Crippen LogP contribution < -0.4 is 10.9 Å². The second-order valence-electron chi connectivity index (χ2n) is 8.52. The minimum Gasteiger partial charge on any atom is -0.360 e. The van der Waals surface area contributed by atoms with Crippen molar-refractivity contribution >= 4 is 50.7 Å². The van der Waals surface area contributed by atoms with E-state index in [0.717, 1.165) is 41.5 Å². The van der Waals surface area contributed by atoms with Crippen molar-refractivity contribution in [2.24, 2.45) is 5.92 Å². The molecule has 8 heteroatoms. The van der Waals surface area contributed by atoms with Crippen molar-refractivity contribution in [1.82, 2.24) is 15.0 Å². The number of halogens is 1. The van der Waals surface area contributed by atoms with Gasteiger partial charge in [-0.1, -0.05) is 35.3 Å². The Balaban J connectivity index is 1.43. The number of aryl methyl sites for hydroxylation is 1. The van der Waals surface area contributed by atoms with Gasteiger partial charge >= 0.3 is 0 Å². The van der Waals surface area contributed by atoms with Gasteiger partial charge in [-0.2, -0.15) is 0 Å². The molecule has 1 aliphatic carbocycles. The zero-order valence-corrected chi connectivity index (χ0v) is 19.3. The molecule has 4 aromatic rings. The number of thiophene rings is 1. The SMILES string of the molecule is Cc1onc2c1c(=O)n([C@@H]1CCC[C@H](CNC(=O)Cc3cccs3)C1)c1cccc(Cl)c21. The number of rotatable bonds is 5. The Bertz CT molecular complexity index is 1340. The molecule has 5 rings (SSSR count). The van der Waals surface area contributed by atoms with Crippen molar-refractivity contribution < 1.29 is 9.32 Å². The van der Waals surface area contributed by atoms with Gasteiger partial charge in [0, 0.05) is 22.8 Å². The zero-order chi connectivity index (χ0) is 22.2. The maximum Gasteiger partial charge on any atom is 0.264 e. The van der Waals surface area contributed by atoms with Gasteiger partial charge in [0.1, 0.15) is 16.7 Å². The van der Waals surface area contributed by atoms with Crippen molar-refractivity contribution in [3.05, 3.63) is 61.7 Å². The van der Waals surface area contributed by atoms with Crippen LogP contribution in [0.5, 0.6) is 0 Å². The van der Waals surface area contributed by atoms with E-state index in [1.165, 1.54) is 0 Å². The summed E-state index contributed by atoms with van der Waals surface area (Å²) in [6.45, 7) is 2.39. The molecule has 166 valence electrons. The third kappa shape index (κ3) is 3.84. The van der Waals surface area contributed by atoms with E-state index in [0.29, 0.717) is 40.6 Å². The van der Waals surface area contributed by atoms with Gasteiger partial charge in [-0.25, -0.2) is 0 Å². The van der Waals surface area contributed by atoms with E-state index in [4.69, 9.17) is 16.1 Å².